The van der Waals surface area contributed by atoms with Gasteiger partial charge in [0.1, 0.15) is 11.9 Å². The number of piperidine rings is 1. The standard InChI is InChI=1S/C27H23FN4OS/c28-23-9-16(2-4-18(23)14-29)22-13-25(27(33)32-20-5-6-21(32)12-19(30)11-20)34-26(22)17-3-1-15-7-8-31-24(15)10-17/h1-4,7-10,13,19-21,31H,5-6,11-12,30H2. The minimum Gasteiger partial charge on any atom is -0.361 e. The summed E-state index contributed by atoms with van der Waals surface area (Å²) in [6.07, 6.45) is 5.58. The van der Waals surface area contributed by atoms with E-state index in [9.17, 15) is 9.18 Å². The van der Waals surface area contributed by atoms with Crippen molar-refractivity contribution in [3.8, 4) is 27.6 Å². The van der Waals surface area contributed by atoms with Crippen LogP contribution in [0.1, 0.15) is 40.9 Å². The maximum atomic E-state index is 14.5. The molecule has 0 saturated carbocycles. The highest BCUT2D eigenvalue weighted by molar-refractivity contribution is 7.18. The van der Waals surface area contributed by atoms with Crippen LogP contribution in [0.2, 0.25) is 0 Å². The van der Waals surface area contributed by atoms with Crippen LogP contribution in [0.3, 0.4) is 0 Å². The lowest BCUT2D eigenvalue weighted by atomic mass is 9.97. The quantitative estimate of drug-likeness (QED) is 0.405. The van der Waals surface area contributed by atoms with E-state index in [2.05, 4.69) is 11.1 Å². The Bertz CT molecular complexity index is 1450. The minimum atomic E-state index is -0.562. The lowest BCUT2D eigenvalue weighted by molar-refractivity contribution is 0.0580. The molecule has 34 heavy (non-hydrogen) atoms. The number of fused-ring (bicyclic) bond motifs is 3. The van der Waals surface area contributed by atoms with E-state index in [1.807, 2.05) is 41.4 Å². The van der Waals surface area contributed by atoms with Gasteiger partial charge >= 0.3 is 0 Å². The number of carbonyl (C=O) groups is 1. The average Bonchev–Trinajstić information content (AvgIpc) is 3.54. The van der Waals surface area contributed by atoms with E-state index in [-0.39, 0.29) is 29.6 Å². The van der Waals surface area contributed by atoms with E-state index in [1.165, 1.54) is 23.5 Å². The smallest absolute Gasteiger partial charge is 0.264 e. The van der Waals surface area contributed by atoms with Crippen LogP contribution in [0.25, 0.3) is 32.5 Å². The second-order valence-corrected chi connectivity index (χ2v) is 10.3. The molecule has 4 heterocycles. The number of benzene rings is 2. The van der Waals surface area contributed by atoms with Gasteiger partial charge in [0.15, 0.2) is 0 Å². The third-order valence-corrected chi connectivity index (χ3v) is 8.34. The number of nitrogens with two attached hydrogens (primary N) is 1. The fourth-order valence-corrected chi connectivity index (χ4v) is 6.69. The molecule has 5 nitrogen and oxygen atoms in total. The van der Waals surface area contributed by atoms with Gasteiger partial charge in [0.2, 0.25) is 0 Å². The van der Waals surface area contributed by atoms with Crippen LogP contribution >= 0.6 is 11.3 Å². The molecule has 2 unspecified atom stereocenters. The van der Waals surface area contributed by atoms with E-state index >= 15 is 0 Å². The third kappa shape index (κ3) is 3.42. The van der Waals surface area contributed by atoms with Crippen LogP contribution in [0, 0.1) is 17.1 Å². The molecular weight excluding hydrogens is 447 g/mol. The highest BCUT2D eigenvalue weighted by Crippen LogP contribution is 2.43. The number of aromatic amines is 1. The first-order valence-corrected chi connectivity index (χ1v) is 12.3. The number of thiophene rings is 1. The lowest BCUT2D eigenvalue weighted by Gasteiger charge is -2.37. The van der Waals surface area contributed by atoms with Crippen molar-refractivity contribution in [3.05, 3.63) is 71.0 Å². The number of rotatable bonds is 3. The topological polar surface area (TPSA) is 85.9 Å². The molecule has 2 fully saturated rings. The largest absolute Gasteiger partial charge is 0.361 e. The predicted octanol–water partition coefficient (Wildman–Crippen LogP) is 5.67. The van der Waals surface area contributed by atoms with Crippen LogP contribution < -0.4 is 5.73 Å². The number of amides is 1. The number of nitrogens with one attached hydrogen (secondary N) is 1. The Labute approximate surface area is 200 Å². The zero-order valence-electron chi connectivity index (χ0n) is 18.4. The molecule has 2 bridgehead atoms. The molecule has 6 rings (SSSR count). The first kappa shape index (κ1) is 21.1. The highest BCUT2D eigenvalue weighted by Gasteiger charge is 2.43. The van der Waals surface area contributed by atoms with E-state index < -0.39 is 5.82 Å². The fraction of sp³-hybridized carbons (Fsp3) is 0.259. The van der Waals surface area contributed by atoms with Crippen molar-refractivity contribution in [3.63, 3.8) is 0 Å². The molecule has 2 aliphatic heterocycles. The van der Waals surface area contributed by atoms with Crippen LogP contribution in [0.4, 0.5) is 4.39 Å². The third-order valence-electron chi connectivity index (χ3n) is 7.16. The van der Waals surface area contributed by atoms with Crippen molar-refractivity contribution in [1.82, 2.24) is 9.88 Å². The van der Waals surface area contributed by atoms with E-state index in [4.69, 9.17) is 11.0 Å². The SMILES string of the molecule is N#Cc1ccc(-c2cc(C(=O)N3C4CCC3CC(N)C4)sc2-c2ccc3cc[nH]c3c2)cc1F. The van der Waals surface area contributed by atoms with Crippen molar-refractivity contribution in [2.45, 2.75) is 43.8 Å². The van der Waals surface area contributed by atoms with Gasteiger partial charge in [-0.3, -0.25) is 4.79 Å². The van der Waals surface area contributed by atoms with Crippen molar-refractivity contribution >= 4 is 28.1 Å². The van der Waals surface area contributed by atoms with Gasteiger partial charge in [-0.25, -0.2) is 4.39 Å². The van der Waals surface area contributed by atoms with Crippen LogP contribution in [-0.2, 0) is 0 Å². The Balaban J connectivity index is 1.46. The van der Waals surface area contributed by atoms with Gasteiger partial charge in [0.25, 0.3) is 5.91 Å². The van der Waals surface area contributed by atoms with Gasteiger partial charge in [-0.15, -0.1) is 11.3 Å². The molecule has 2 saturated heterocycles. The molecule has 2 atom stereocenters. The first-order chi connectivity index (χ1) is 16.5. The molecule has 0 radical (unpaired) electrons. The second kappa shape index (κ2) is 8.08. The van der Waals surface area contributed by atoms with Gasteiger partial charge in [-0.1, -0.05) is 18.2 Å². The molecule has 2 aromatic heterocycles. The van der Waals surface area contributed by atoms with Crippen LogP contribution in [0.15, 0.2) is 54.7 Å². The summed E-state index contributed by atoms with van der Waals surface area (Å²) < 4.78 is 14.5. The Morgan fingerprint density at radius 1 is 1.09 bits per heavy atom. The summed E-state index contributed by atoms with van der Waals surface area (Å²) in [4.78, 5) is 20.5. The van der Waals surface area contributed by atoms with Crippen LogP contribution in [-0.4, -0.2) is 33.9 Å². The van der Waals surface area contributed by atoms with E-state index in [0.29, 0.717) is 10.4 Å². The molecule has 4 aromatic rings. The number of nitrogens with zero attached hydrogens (tertiary/aromatic N) is 2. The summed E-state index contributed by atoms with van der Waals surface area (Å²) in [5.74, 6) is -0.528. The summed E-state index contributed by atoms with van der Waals surface area (Å²) in [5.41, 5.74) is 9.62. The van der Waals surface area contributed by atoms with Crippen molar-refractivity contribution < 1.29 is 9.18 Å². The normalized spacial score (nSPS) is 21.7. The number of nitriles is 1. The van der Waals surface area contributed by atoms with E-state index in [1.54, 1.807) is 6.07 Å². The monoisotopic (exact) mass is 470 g/mol. The molecule has 2 aromatic carbocycles. The first-order valence-electron chi connectivity index (χ1n) is 11.5. The number of halogens is 1. The van der Waals surface area contributed by atoms with Crippen LogP contribution in [0.5, 0.6) is 0 Å². The number of H-pyrrole nitrogens is 1. The van der Waals surface area contributed by atoms with Crippen molar-refractivity contribution in [1.29, 1.82) is 5.26 Å². The second-order valence-electron chi connectivity index (χ2n) is 9.27. The van der Waals surface area contributed by atoms with Crippen molar-refractivity contribution in [2.24, 2.45) is 5.73 Å². The lowest BCUT2D eigenvalue weighted by Crippen LogP contribution is -2.49. The summed E-state index contributed by atoms with van der Waals surface area (Å²) in [6, 6.07) is 17.1. The molecule has 7 heteroatoms. The van der Waals surface area contributed by atoms with Gasteiger partial charge < -0.3 is 15.6 Å². The molecule has 3 N–H and O–H groups in total. The average molecular weight is 471 g/mol. The predicted molar refractivity (Wildman–Crippen MR) is 132 cm³/mol. The Hall–Kier alpha value is -3.47. The van der Waals surface area contributed by atoms with Crippen molar-refractivity contribution in [2.75, 3.05) is 0 Å². The Morgan fingerprint density at radius 2 is 1.85 bits per heavy atom. The van der Waals surface area contributed by atoms with Gasteiger partial charge in [-0.05, 0) is 72.5 Å². The van der Waals surface area contributed by atoms with Gasteiger partial charge in [0, 0.05) is 40.3 Å². The molecule has 170 valence electrons. The zero-order valence-corrected chi connectivity index (χ0v) is 19.2. The molecule has 0 aliphatic carbocycles. The minimum absolute atomic E-state index is 0.00543. The molecular formula is C27H23FN4OS. The summed E-state index contributed by atoms with van der Waals surface area (Å²) in [7, 11) is 0. The van der Waals surface area contributed by atoms with Gasteiger partial charge in [-0.2, -0.15) is 5.26 Å². The maximum absolute atomic E-state index is 14.5. The zero-order chi connectivity index (χ0) is 23.4. The number of hydrogen-bond acceptors (Lipinski definition) is 4. The maximum Gasteiger partial charge on any atom is 0.264 e. The number of carbonyl (C=O) groups excluding carboxylic acids is 1. The molecule has 2 aliphatic rings. The number of aromatic nitrogens is 1. The molecule has 0 spiro atoms. The van der Waals surface area contributed by atoms with Gasteiger partial charge in [0.05, 0.1) is 10.4 Å². The summed E-state index contributed by atoms with van der Waals surface area (Å²) >= 11 is 1.45. The molecule has 1 amide bonds. The highest BCUT2D eigenvalue weighted by atomic mass is 32.1. The summed E-state index contributed by atoms with van der Waals surface area (Å²) in [6.45, 7) is 0. The number of hydrogen-bond donors (Lipinski definition) is 2. The Morgan fingerprint density at radius 3 is 2.59 bits per heavy atom. The fourth-order valence-electron chi connectivity index (χ4n) is 5.57. The Kier molecular flexibility index (Phi) is 5.01. The van der Waals surface area contributed by atoms with E-state index in [0.717, 1.165) is 52.6 Å². The summed E-state index contributed by atoms with van der Waals surface area (Å²) in [5, 5.41) is 10.2.